The van der Waals surface area contributed by atoms with Crippen molar-refractivity contribution >= 4 is 22.4 Å². The summed E-state index contributed by atoms with van der Waals surface area (Å²) < 4.78 is 0. The zero-order chi connectivity index (χ0) is 12.3. The van der Waals surface area contributed by atoms with Gasteiger partial charge in [-0.15, -0.1) is 6.58 Å². The molecule has 0 aliphatic carbocycles. The van der Waals surface area contributed by atoms with Crippen LogP contribution in [-0.2, 0) is 0 Å². The topological polar surface area (TPSA) is 68.0 Å². The van der Waals surface area contributed by atoms with Crippen LogP contribution in [0.25, 0.3) is 10.8 Å². The number of nitrogens with one attached hydrogen (secondary N) is 1. The highest BCUT2D eigenvalue weighted by Crippen LogP contribution is 2.22. The number of carbonyl (C=O) groups is 1. The fraction of sp³-hybridized carbons (Fsp3) is 0.0769. The second-order valence-electron chi connectivity index (χ2n) is 3.60. The third kappa shape index (κ3) is 2.10. The van der Waals surface area contributed by atoms with E-state index in [0.717, 1.165) is 10.8 Å². The number of fused-ring (bicyclic) bond motifs is 1. The molecule has 2 rings (SSSR count). The Hall–Kier alpha value is -2.36. The van der Waals surface area contributed by atoms with Crippen LogP contribution < -0.4 is 11.1 Å². The Kier molecular flexibility index (Phi) is 3.05. The van der Waals surface area contributed by atoms with E-state index in [1.165, 1.54) is 0 Å². The highest BCUT2D eigenvalue weighted by Gasteiger charge is 2.11. The molecule has 86 valence electrons. The van der Waals surface area contributed by atoms with Gasteiger partial charge < -0.3 is 11.1 Å². The van der Waals surface area contributed by atoms with Crippen molar-refractivity contribution in [1.82, 2.24) is 10.3 Å². The van der Waals surface area contributed by atoms with E-state index in [1.54, 1.807) is 24.4 Å². The van der Waals surface area contributed by atoms with Crippen LogP contribution in [0.1, 0.15) is 10.5 Å². The van der Waals surface area contributed by atoms with Gasteiger partial charge in [0.25, 0.3) is 5.91 Å². The molecule has 0 bridgehead atoms. The second-order valence-corrected chi connectivity index (χ2v) is 3.60. The second kappa shape index (κ2) is 4.65. The van der Waals surface area contributed by atoms with Gasteiger partial charge in [0.05, 0.1) is 0 Å². The maximum Gasteiger partial charge on any atom is 0.270 e. The third-order valence-electron chi connectivity index (χ3n) is 2.46. The molecule has 4 heteroatoms. The van der Waals surface area contributed by atoms with E-state index in [2.05, 4.69) is 16.9 Å². The van der Waals surface area contributed by atoms with Crippen LogP contribution in [0.3, 0.4) is 0 Å². The molecule has 1 amide bonds. The molecular weight excluding hydrogens is 214 g/mol. The van der Waals surface area contributed by atoms with Gasteiger partial charge in [0.2, 0.25) is 0 Å². The van der Waals surface area contributed by atoms with Crippen molar-refractivity contribution in [2.45, 2.75) is 0 Å². The summed E-state index contributed by atoms with van der Waals surface area (Å²) in [5.74, 6) is -0.221. The molecule has 0 aliphatic heterocycles. The number of benzene rings is 1. The third-order valence-corrected chi connectivity index (χ3v) is 2.46. The van der Waals surface area contributed by atoms with Crippen molar-refractivity contribution in [3.05, 3.63) is 48.8 Å². The molecule has 2 aromatic rings. The van der Waals surface area contributed by atoms with Gasteiger partial charge in [-0.2, -0.15) is 0 Å². The minimum absolute atomic E-state index is 0.221. The Morgan fingerprint density at radius 3 is 3.00 bits per heavy atom. The monoisotopic (exact) mass is 227 g/mol. The van der Waals surface area contributed by atoms with Gasteiger partial charge in [0.1, 0.15) is 5.69 Å². The summed E-state index contributed by atoms with van der Waals surface area (Å²) in [7, 11) is 0. The number of hydrogen-bond acceptors (Lipinski definition) is 3. The van der Waals surface area contributed by atoms with Gasteiger partial charge in [-0.1, -0.05) is 18.2 Å². The van der Waals surface area contributed by atoms with Crippen molar-refractivity contribution in [3.8, 4) is 0 Å². The van der Waals surface area contributed by atoms with Crippen molar-refractivity contribution < 1.29 is 4.79 Å². The van der Waals surface area contributed by atoms with Crippen LogP contribution in [0, 0.1) is 0 Å². The SMILES string of the molecule is C=CCNC(=O)c1nccc2c(N)cccc12. The van der Waals surface area contributed by atoms with Crippen molar-refractivity contribution in [1.29, 1.82) is 0 Å². The normalized spacial score (nSPS) is 10.1. The average Bonchev–Trinajstić information content (AvgIpc) is 2.36. The van der Waals surface area contributed by atoms with E-state index in [4.69, 9.17) is 5.73 Å². The summed E-state index contributed by atoms with van der Waals surface area (Å²) in [5.41, 5.74) is 6.88. The molecule has 0 aliphatic rings. The number of nitrogens with two attached hydrogens (primary N) is 1. The van der Waals surface area contributed by atoms with E-state index < -0.39 is 0 Å². The van der Waals surface area contributed by atoms with Crippen LogP contribution in [0.2, 0.25) is 0 Å². The Balaban J connectivity index is 2.51. The maximum absolute atomic E-state index is 11.9. The number of pyridine rings is 1. The summed E-state index contributed by atoms with van der Waals surface area (Å²) in [6.45, 7) is 3.96. The number of carbonyl (C=O) groups excluding carboxylic acids is 1. The van der Waals surface area contributed by atoms with E-state index >= 15 is 0 Å². The molecule has 0 saturated heterocycles. The summed E-state index contributed by atoms with van der Waals surface area (Å²) in [5, 5.41) is 4.30. The molecule has 17 heavy (non-hydrogen) atoms. The number of rotatable bonds is 3. The van der Waals surface area contributed by atoms with Crippen molar-refractivity contribution in [2.24, 2.45) is 0 Å². The van der Waals surface area contributed by atoms with Gasteiger partial charge in [-0.05, 0) is 12.1 Å². The molecule has 0 spiro atoms. The summed E-state index contributed by atoms with van der Waals surface area (Å²) in [6.07, 6.45) is 3.21. The van der Waals surface area contributed by atoms with Crippen LogP contribution in [0.4, 0.5) is 5.69 Å². The zero-order valence-electron chi connectivity index (χ0n) is 9.31. The van der Waals surface area contributed by atoms with Gasteiger partial charge >= 0.3 is 0 Å². The van der Waals surface area contributed by atoms with Crippen LogP contribution >= 0.6 is 0 Å². The van der Waals surface area contributed by atoms with Crippen LogP contribution in [0.5, 0.6) is 0 Å². The van der Waals surface area contributed by atoms with Gasteiger partial charge in [0.15, 0.2) is 0 Å². The lowest BCUT2D eigenvalue weighted by atomic mass is 10.1. The largest absolute Gasteiger partial charge is 0.398 e. The first-order valence-electron chi connectivity index (χ1n) is 5.26. The van der Waals surface area contributed by atoms with E-state index in [1.807, 2.05) is 12.1 Å². The molecule has 0 saturated carbocycles. The molecule has 1 aromatic heterocycles. The van der Waals surface area contributed by atoms with E-state index in [-0.39, 0.29) is 5.91 Å². The number of anilines is 1. The first-order valence-corrected chi connectivity index (χ1v) is 5.26. The Morgan fingerprint density at radius 1 is 1.41 bits per heavy atom. The van der Waals surface area contributed by atoms with E-state index in [0.29, 0.717) is 17.9 Å². The molecule has 0 fully saturated rings. The highest BCUT2D eigenvalue weighted by molar-refractivity contribution is 6.07. The molecule has 4 nitrogen and oxygen atoms in total. The predicted molar refractivity (Wildman–Crippen MR) is 68.7 cm³/mol. The molecule has 3 N–H and O–H groups in total. The van der Waals surface area contributed by atoms with Crippen LogP contribution in [-0.4, -0.2) is 17.4 Å². The minimum atomic E-state index is -0.221. The van der Waals surface area contributed by atoms with Gasteiger partial charge in [-0.25, -0.2) is 0 Å². The average molecular weight is 227 g/mol. The zero-order valence-corrected chi connectivity index (χ0v) is 9.31. The molecule has 0 atom stereocenters. The minimum Gasteiger partial charge on any atom is -0.398 e. The van der Waals surface area contributed by atoms with Gasteiger partial charge in [0, 0.05) is 29.2 Å². The summed E-state index contributed by atoms with van der Waals surface area (Å²) >= 11 is 0. The lowest BCUT2D eigenvalue weighted by Crippen LogP contribution is -2.24. The Labute approximate surface area is 99.2 Å². The molecule has 1 heterocycles. The number of amides is 1. The number of aromatic nitrogens is 1. The standard InChI is InChI=1S/C13H13N3O/c1-2-7-16-13(17)12-10-4-3-5-11(14)9(10)6-8-15-12/h2-6,8H,1,7,14H2,(H,16,17). The smallest absolute Gasteiger partial charge is 0.270 e. The van der Waals surface area contributed by atoms with Crippen LogP contribution in [0.15, 0.2) is 43.1 Å². The van der Waals surface area contributed by atoms with Crippen molar-refractivity contribution in [2.75, 3.05) is 12.3 Å². The van der Waals surface area contributed by atoms with Gasteiger partial charge in [-0.3, -0.25) is 9.78 Å². The number of nitrogen functional groups attached to an aromatic ring is 1. The first-order chi connectivity index (χ1) is 8.24. The lowest BCUT2D eigenvalue weighted by Gasteiger charge is -2.06. The quantitative estimate of drug-likeness (QED) is 0.620. The number of hydrogen-bond donors (Lipinski definition) is 2. The predicted octanol–water partition coefficient (Wildman–Crippen LogP) is 1.73. The molecule has 1 aromatic carbocycles. The summed E-state index contributed by atoms with van der Waals surface area (Å²) in [4.78, 5) is 16.0. The van der Waals surface area contributed by atoms with E-state index in [9.17, 15) is 4.79 Å². The lowest BCUT2D eigenvalue weighted by molar-refractivity contribution is 0.0955. The highest BCUT2D eigenvalue weighted by atomic mass is 16.1. The molecule has 0 unspecified atom stereocenters. The first kappa shape index (κ1) is 11.1. The summed E-state index contributed by atoms with van der Waals surface area (Å²) in [6, 6.07) is 7.24. The number of nitrogens with zero attached hydrogens (tertiary/aromatic N) is 1. The Morgan fingerprint density at radius 2 is 2.24 bits per heavy atom. The molecule has 0 radical (unpaired) electrons. The fourth-order valence-electron chi connectivity index (χ4n) is 1.66. The molecular formula is C13H13N3O. The van der Waals surface area contributed by atoms with Crippen molar-refractivity contribution in [3.63, 3.8) is 0 Å². The Bertz CT molecular complexity index is 578. The fourth-order valence-corrected chi connectivity index (χ4v) is 1.66. The maximum atomic E-state index is 11.9.